The fourth-order valence-electron chi connectivity index (χ4n) is 4.27. The summed E-state index contributed by atoms with van der Waals surface area (Å²) in [5.41, 5.74) is 1.80. The summed E-state index contributed by atoms with van der Waals surface area (Å²) >= 11 is 0. The lowest BCUT2D eigenvalue weighted by Crippen LogP contribution is -2.52. The van der Waals surface area contributed by atoms with Gasteiger partial charge in [-0.25, -0.2) is 9.18 Å². The first-order valence-electron chi connectivity index (χ1n) is 11.2. The lowest BCUT2D eigenvalue weighted by atomic mass is 10.0. The third kappa shape index (κ3) is 7.35. The van der Waals surface area contributed by atoms with Crippen LogP contribution in [0.25, 0.3) is 0 Å². The molecule has 0 aromatic heterocycles. The molecule has 1 amide bonds. The molecule has 35 heavy (non-hydrogen) atoms. The predicted octanol–water partition coefficient (Wildman–Crippen LogP) is 4.38. The lowest BCUT2D eigenvalue weighted by Gasteiger charge is -2.35. The summed E-state index contributed by atoms with van der Waals surface area (Å²) in [4.78, 5) is 16.9. The number of hydrogen-bond donors (Lipinski definition) is 0. The maximum atomic E-state index is 13.4. The number of likely N-dealkylation sites (tertiary alicyclic amines) is 1. The number of carbonyl (C=O) groups is 1. The van der Waals surface area contributed by atoms with E-state index in [1.54, 1.807) is 7.11 Å². The van der Waals surface area contributed by atoms with Gasteiger partial charge in [-0.15, -0.1) is 0 Å². The Labute approximate surface area is 198 Å². The minimum Gasteiger partial charge on any atom is -0.496 e. The van der Waals surface area contributed by atoms with Crippen molar-refractivity contribution < 1.29 is 45.0 Å². The summed E-state index contributed by atoms with van der Waals surface area (Å²) < 4.78 is 98.8. The smallest absolute Gasteiger partial charge is 0.434 e. The maximum Gasteiger partial charge on any atom is 0.434 e. The van der Waals surface area contributed by atoms with Crippen LogP contribution >= 0.6 is 0 Å². The predicted molar refractivity (Wildman–Crippen MR) is 112 cm³/mol. The van der Waals surface area contributed by atoms with Gasteiger partial charge in [0.15, 0.2) is 0 Å². The molecule has 1 aromatic carbocycles. The van der Waals surface area contributed by atoms with E-state index in [9.17, 15) is 35.5 Å². The minimum absolute atomic E-state index is 0.0819. The lowest BCUT2D eigenvalue weighted by molar-refractivity contribution is -0.308. The number of amides is 1. The molecule has 0 radical (unpaired) electrons. The summed E-state index contributed by atoms with van der Waals surface area (Å²) in [5, 5.41) is 0. The van der Waals surface area contributed by atoms with Gasteiger partial charge in [-0.1, -0.05) is 18.2 Å². The van der Waals surface area contributed by atoms with Crippen molar-refractivity contribution in [3.05, 3.63) is 29.3 Å². The van der Waals surface area contributed by atoms with Gasteiger partial charge in [-0.3, -0.25) is 9.80 Å². The molecule has 13 heteroatoms. The Bertz CT molecular complexity index is 836. The number of methoxy groups -OCH3 is 1. The van der Waals surface area contributed by atoms with Gasteiger partial charge in [0.2, 0.25) is 0 Å². The summed E-state index contributed by atoms with van der Waals surface area (Å²) in [6.07, 6.45) is -17.1. The number of piperidine rings is 1. The van der Waals surface area contributed by atoms with Crippen molar-refractivity contribution in [2.75, 3.05) is 46.4 Å². The highest BCUT2D eigenvalue weighted by molar-refractivity contribution is 5.68. The minimum atomic E-state index is -5.75. The summed E-state index contributed by atoms with van der Waals surface area (Å²) in [7, 11) is 1.54. The fourth-order valence-corrected chi connectivity index (χ4v) is 4.27. The van der Waals surface area contributed by atoms with E-state index < -0.39 is 30.7 Å². The number of nitrogens with zero attached hydrogens (tertiary/aromatic N) is 3. The summed E-state index contributed by atoms with van der Waals surface area (Å²) in [5.74, 6) is 0.676. The second kappa shape index (κ2) is 11.2. The zero-order chi connectivity index (χ0) is 25.8. The molecule has 3 rings (SSSR count). The van der Waals surface area contributed by atoms with Gasteiger partial charge in [0.25, 0.3) is 6.10 Å². The Balaban J connectivity index is 1.57. The van der Waals surface area contributed by atoms with Crippen LogP contribution < -0.4 is 4.74 Å². The quantitative estimate of drug-likeness (QED) is 0.527. The average molecular weight is 515 g/mol. The van der Waals surface area contributed by atoms with E-state index in [-0.39, 0.29) is 26.2 Å². The molecule has 2 fully saturated rings. The van der Waals surface area contributed by atoms with Crippen molar-refractivity contribution in [2.24, 2.45) is 0 Å². The third-order valence-electron chi connectivity index (χ3n) is 6.13. The number of carbonyl (C=O) groups excluding carboxylic acids is 1. The van der Waals surface area contributed by atoms with Crippen LogP contribution in [-0.4, -0.2) is 91.8 Å². The molecule has 2 heterocycles. The van der Waals surface area contributed by atoms with Crippen LogP contribution in [0.4, 0.5) is 35.5 Å². The summed E-state index contributed by atoms with van der Waals surface area (Å²) in [6, 6.07) is 5.67. The number of hydrogen-bond acceptors (Lipinski definition) is 5. The van der Waals surface area contributed by atoms with E-state index in [1.807, 2.05) is 23.1 Å². The molecule has 0 unspecified atom stereocenters. The van der Waals surface area contributed by atoms with Crippen molar-refractivity contribution in [1.29, 1.82) is 0 Å². The number of para-hydroxylation sites is 1. The largest absolute Gasteiger partial charge is 0.496 e. The van der Waals surface area contributed by atoms with Crippen LogP contribution in [0, 0.1) is 0 Å². The third-order valence-corrected chi connectivity index (χ3v) is 6.13. The van der Waals surface area contributed by atoms with Gasteiger partial charge in [-0.05, 0) is 12.8 Å². The molecule has 2 aliphatic heterocycles. The standard InChI is InChI=1S/C22H28F7N3O3/c1-34-18-15(13-30-7-5-17(23)6-8-30)3-2-4-16(18)14-31-9-11-32(12-10-31)20(33)35-19(21(24,25)26)22(27,28)29/h2-4,17,19H,5-14H2,1H3. The number of benzene rings is 1. The first kappa shape index (κ1) is 27.3. The average Bonchev–Trinajstić information content (AvgIpc) is 2.78. The molecule has 0 saturated carbocycles. The van der Waals surface area contributed by atoms with Crippen LogP contribution in [-0.2, 0) is 17.8 Å². The summed E-state index contributed by atoms with van der Waals surface area (Å²) in [6.45, 7) is 2.61. The van der Waals surface area contributed by atoms with Crippen LogP contribution in [0.5, 0.6) is 5.75 Å². The highest BCUT2D eigenvalue weighted by Gasteiger charge is 2.60. The molecule has 0 aliphatic carbocycles. The van der Waals surface area contributed by atoms with E-state index in [0.717, 1.165) is 16.0 Å². The molecular weight excluding hydrogens is 487 g/mol. The second-order valence-electron chi connectivity index (χ2n) is 8.67. The van der Waals surface area contributed by atoms with Gasteiger partial charge in [0, 0.05) is 63.5 Å². The zero-order valence-electron chi connectivity index (χ0n) is 19.2. The molecule has 0 spiro atoms. The number of alkyl halides is 7. The Hall–Kier alpha value is -2.28. The van der Waals surface area contributed by atoms with Crippen LogP contribution in [0.1, 0.15) is 24.0 Å². The molecule has 2 aliphatic rings. The van der Waals surface area contributed by atoms with E-state index in [4.69, 9.17) is 4.74 Å². The topological polar surface area (TPSA) is 45.2 Å². The van der Waals surface area contributed by atoms with Crippen molar-refractivity contribution >= 4 is 6.09 Å². The first-order valence-corrected chi connectivity index (χ1v) is 11.2. The maximum absolute atomic E-state index is 13.4. The van der Waals surface area contributed by atoms with Gasteiger partial charge >= 0.3 is 18.4 Å². The molecule has 0 N–H and O–H groups in total. The highest BCUT2D eigenvalue weighted by Crippen LogP contribution is 2.36. The van der Waals surface area contributed by atoms with Gasteiger partial charge < -0.3 is 14.4 Å². The van der Waals surface area contributed by atoms with Gasteiger partial charge in [-0.2, -0.15) is 26.3 Å². The van der Waals surface area contributed by atoms with Crippen molar-refractivity contribution in [1.82, 2.24) is 14.7 Å². The van der Waals surface area contributed by atoms with Gasteiger partial charge in [0.05, 0.1) is 7.11 Å². The SMILES string of the molecule is COc1c(CN2CCC(F)CC2)cccc1CN1CCN(C(=O)OC(C(F)(F)F)C(F)(F)F)CC1. The number of ether oxygens (including phenoxy) is 2. The molecule has 1 aromatic rings. The van der Waals surface area contributed by atoms with Gasteiger partial charge in [0.1, 0.15) is 11.9 Å². The highest BCUT2D eigenvalue weighted by atomic mass is 19.4. The number of rotatable bonds is 6. The normalized spacial score (nSPS) is 19.3. The van der Waals surface area contributed by atoms with Crippen LogP contribution in [0.15, 0.2) is 18.2 Å². The zero-order valence-corrected chi connectivity index (χ0v) is 19.2. The van der Waals surface area contributed by atoms with E-state index in [1.165, 1.54) is 0 Å². The van der Waals surface area contributed by atoms with E-state index in [0.29, 0.717) is 44.8 Å². The fraction of sp³-hybridized carbons (Fsp3) is 0.682. The van der Waals surface area contributed by atoms with Crippen LogP contribution in [0.3, 0.4) is 0 Å². The Morgan fingerprint density at radius 2 is 1.40 bits per heavy atom. The van der Waals surface area contributed by atoms with Crippen molar-refractivity contribution in [2.45, 2.75) is 50.6 Å². The number of halogens is 7. The van der Waals surface area contributed by atoms with E-state index >= 15 is 0 Å². The number of piperazine rings is 1. The molecule has 198 valence electrons. The molecule has 0 atom stereocenters. The first-order chi connectivity index (χ1) is 16.4. The molecule has 6 nitrogen and oxygen atoms in total. The van der Waals surface area contributed by atoms with Crippen LogP contribution in [0.2, 0.25) is 0 Å². The van der Waals surface area contributed by atoms with Crippen molar-refractivity contribution in [3.8, 4) is 5.75 Å². The Morgan fingerprint density at radius 3 is 1.86 bits per heavy atom. The second-order valence-corrected chi connectivity index (χ2v) is 8.67. The molecular formula is C22H28F7N3O3. The Kier molecular flexibility index (Phi) is 8.73. The van der Waals surface area contributed by atoms with Crippen molar-refractivity contribution in [3.63, 3.8) is 0 Å². The molecule has 2 saturated heterocycles. The van der Waals surface area contributed by atoms with E-state index in [2.05, 4.69) is 9.64 Å². The molecule has 0 bridgehead atoms. The monoisotopic (exact) mass is 515 g/mol. The Morgan fingerprint density at radius 1 is 0.914 bits per heavy atom.